The summed E-state index contributed by atoms with van der Waals surface area (Å²) >= 11 is 16.8. The Hall–Kier alpha value is 0.01000. The number of rotatable bonds is 5. The highest BCUT2D eigenvalue weighted by Crippen LogP contribution is 2.37. The van der Waals surface area contributed by atoms with Crippen molar-refractivity contribution >= 4 is 66.8 Å². The Morgan fingerprint density at radius 1 is 1.42 bits per heavy atom. The number of benzene rings is 1. The quantitative estimate of drug-likeness (QED) is 0.706. The molecule has 10 heteroatoms. The van der Waals surface area contributed by atoms with Crippen LogP contribution >= 0.6 is 50.9 Å². The number of hydrogen-bond donors (Lipinski definition) is 1. The molecule has 1 unspecified atom stereocenters. The summed E-state index contributed by atoms with van der Waals surface area (Å²) < 4.78 is 27.7. The third-order valence-electron chi connectivity index (χ3n) is 3.36. The summed E-state index contributed by atoms with van der Waals surface area (Å²) in [6.45, 7) is 4.44. The molecule has 0 spiro atoms. The first kappa shape index (κ1) is 20.3. The van der Waals surface area contributed by atoms with Crippen LogP contribution in [0.5, 0.6) is 0 Å². The van der Waals surface area contributed by atoms with Crippen LogP contribution in [0.1, 0.15) is 13.8 Å². The standard InChI is InChI=1S/C14H17BrCl2N2O3S2/c1-8(2)5-18-14(20)12-6-23-7-19(12)24(21,22)13-10(16)3-9(15)4-11(13)17/h3-4,8,12H,5-7H2,1-2H3,(H,18,20). The number of halogens is 3. The number of carbonyl (C=O) groups is 1. The van der Waals surface area contributed by atoms with Crippen molar-refractivity contribution in [2.75, 3.05) is 18.2 Å². The summed E-state index contributed by atoms with van der Waals surface area (Å²) in [5, 5.41) is 2.83. The second-order valence-corrected chi connectivity index (χ2v) is 10.3. The highest BCUT2D eigenvalue weighted by atomic mass is 79.9. The molecule has 0 aliphatic carbocycles. The summed E-state index contributed by atoms with van der Waals surface area (Å²) in [6, 6.07) is 2.17. The van der Waals surface area contributed by atoms with E-state index in [4.69, 9.17) is 23.2 Å². The average Bonchev–Trinajstić information content (AvgIpc) is 2.93. The van der Waals surface area contributed by atoms with Crippen LogP contribution in [0.3, 0.4) is 0 Å². The Morgan fingerprint density at radius 3 is 2.54 bits per heavy atom. The molecular formula is C14H17BrCl2N2O3S2. The van der Waals surface area contributed by atoms with E-state index in [0.717, 1.165) is 4.31 Å². The molecule has 1 saturated heterocycles. The first-order chi connectivity index (χ1) is 11.1. The second kappa shape index (κ2) is 8.14. The molecule has 1 aliphatic heterocycles. The lowest BCUT2D eigenvalue weighted by Crippen LogP contribution is -2.47. The van der Waals surface area contributed by atoms with Crippen molar-refractivity contribution < 1.29 is 13.2 Å². The molecular weight excluding hydrogens is 459 g/mol. The van der Waals surface area contributed by atoms with E-state index in [0.29, 0.717) is 16.8 Å². The SMILES string of the molecule is CC(C)CNC(=O)C1CSCN1S(=O)(=O)c1c(Cl)cc(Br)cc1Cl. The van der Waals surface area contributed by atoms with E-state index in [9.17, 15) is 13.2 Å². The van der Waals surface area contributed by atoms with Gasteiger partial charge in [-0.1, -0.05) is 53.0 Å². The minimum absolute atomic E-state index is 0.0209. The maximum atomic E-state index is 13.0. The lowest BCUT2D eigenvalue weighted by atomic mass is 10.2. The fourth-order valence-electron chi connectivity index (χ4n) is 2.19. The van der Waals surface area contributed by atoms with Gasteiger partial charge in [0.1, 0.15) is 10.9 Å². The third kappa shape index (κ3) is 4.40. The molecule has 0 aromatic heterocycles. The van der Waals surface area contributed by atoms with Gasteiger partial charge in [-0.3, -0.25) is 4.79 Å². The molecule has 0 saturated carbocycles. The van der Waals surface area contributed by atoms with Gasteiger partial charge in [-0.25, -0.2) is 8.42 Å². The van der Waals surface area contributed by atoms with Gasteiger partial charge in [0.15, 0.2) is 0 Å². The van der Waals surface area contributed by atoms with Crippen LogP contribution in [0.25, 0.3) is 0 Å². The normalized spacial score (nSPS) is 19.0. The molecule has 5 nitrogen and oxygen atoms in total. The van der Waals surface area contributed by atoms with Gasteiger partial charge in [-0.2, -0.15) is 4.31 Å². The highest BCUT2D eigenvalue weighted by molar-refractivity contribution is 9.10. The lowest BCUT2D eigenvalue weighted by molar-refractivity contribution is -0.123. The minimum Gasteiger partial charge on any atom is -0.354 e. The van der Waals surface area contributed by atoms with E-state index in [1.165, 1.54) is 23.9 Å². The van der Waals surface area contributed by atoms with Gasteiger partial charge in [0.2, 0.25) is 15.9 Å². The predicted molar refractivity (Wildman–Crippen MR) is 102 cm³/mol. The predicted octanol–water partition coefficient (Wildman–Crippen LogP) is 3.59. The van der Waals surface area contributed by atoms with E-state index >= 15 is 0 Å². The average molecular weight is 476 g/mol. The molecule has 1 aromatic carbocycles. The Kier molecular flexibility index (Phi) is 6.89. The van der Waals surface area contributed by atoms with Crippen LogP contribution in [-0.4, -0.2) is 42.8 Å². The molecule has 1 amide bonds. The van der Waals surface area contributed by atoms with Crippen LogP contribution in [0.15, 0.2) is 21.5 Å². The zero-order chi connectivity index (χ0) is 18.1. The van der Waals surface area contributed by atoms with E-state index in [2.05, 4.69) is 21.2 Å². The maximum Gasteiger partial charge on any atom is 0.247 e. The van der Waals surface area contributed by atoms with Gasteiger partial charge in [0.25, 0.3) is 0 Å². The fourth-order valence-corrected chi connectivity index (χ4v) is 7.22. The van der Waals surface area contributed by atoms with Crippen LogP contribution in [0.4, 0.5) is 0 Å². The number of nitrogens with one attached hydrogen (secondary N) is 1. The Balaban J connectivity index is 2.33. The van der Waals surface area contributed by atoms with Crippen molar-refractivity contribution in [1.29, 1.82) is 0 Å². The first-order valence-electron chi connectivity index (χ1n) is 7.16. The number of nitrogens with zero attached hydrogens (tertiary/aromatic N) is 1. The molecule has 1 heterocycles. The molecule has 24 heavy (non-hydrogen) atoms. The number of hydrogen-bond acceptors (Lipinski definition) is 4. The van der Waals surface area contributed by atoms with E-state index in [1.807, 2.05) is 13.8 Å². The van der Waals surface area contributed by atoms with Gasteiger partial charge >= 0.3 is 0 Å². The molecule has 1 fully saturated rings. The van der Waals surface area contributed by atoms with Crippen LogP contribution in [-0.2, 0) is 14.8 Å². The number of thioether (sulfide) groups is 1. The number of sulfonamides is 1. The summed E-state index contributed by atoms with van der Waals surface area (Å²) in [5.74, 6) is 0.560. The topological polar surface area (TPSA) is 66.5 Å². The second-order valence-electron chi connectivity index (χ2n) is 5.75. The zero-order valence-electron chi connectivity index (χ0n) is 13.1. The molecule has 2 rings (SSSR count). The number of amides is 1. The number of carbonyl (C=O) groups excluding carboxylic acids is 1. The lowest BCUT2D eigenvalue weighted by Gasteiger charge is -2.24. The molecule has 1 aliphatic rings. The van der Waals surface area contributed by atoms with Crippen molar-refractivity contribution in [3.63, 3.8) is 0 Å². The zero-order valence-corrected chi connectivity index (χ0v) is 17.8. The summed E-state index contributed by atoms with van der Waals surface area (Å²) in [7, 11) is -3.98. The van der Waals surface area contributed by atoms with Crippen molar-refractivity contribution in [3.8, 4) is 0 Å². The Morgan fingerprint density at radius 2 is 2.00 bits per heavy atom. The van der Waals surface area contributed by atoms with Crippen molar-refractivity contribution in [2.24, 2.45) is 5.92 Å². The summed E-state index contributed by atoms with van der Waals surface area (Å²) in [5.41, 5.74) is 0. The maximum absolute atomic E-state index is 13.0. The van der Waals surface area contributed by atoms with Crippen molar-refractivity contribution in [2.45, 2.75) is 24.8 Å². The van der Waals surface area contributed by atoms with E-state index < -0.39 is 16.1 Å². The molecule has 0 radical (unpaired) electrons. The Labute approximate surface area is 164 Å². The fraction of sp³-hybridized carbons (Fsp3) is 0.500. The molecule has 1 atom stereocenters. The molecule has 1 N–H and O–H groups in total. The minimum atomic E-state index is -3.98. The monoisotopic (exact) mass is 474 g/mol. The van der Waals surface area contributed by atoms with Crippen molar-refractivity contribution in [1.82, 2.24) is 9.62 Å². The van der Waals surface area contributed by atoms with Crippen LogP contribution in [0.2, 0.25) is 10.0 Å². The highest BCUT2D eigenvalue weighted by Gasteiger charge is 2.41. The van der Waals surface area contributed by atoms with E-state index in [1.54, 1.807) is 0 Å². The van der Waals surface area contributed by atoms with Gasteiger partial charge in [0, 0.05) is 16.8 Å². The van der Waals surface area contributed by atoms with Gasteiger partial charge in [-0.15, -0.1) is 11.8 Å². The molecule has 1 aromatic rings. The van der Waals surface area contributed by atoms with Gasteiger partial charge in [0.05, 0.1) is 15.9 Å². The van der Waals surface area contributed by atoms with Gasteiger partial charge in [-0.05, 0) is 18.1 Å². The van der Waals surface area contributed by atoms with Crippen LogP contribution < -0.4 is 5.32 Å². The smallest absolute Gasteiger partial charge is 0.247 e. The summed E-state index contributed by atoms with van der Waals surface area (Å²) in [6.07, 6.45) is 0. The third-order valence-corrected chi connectivity index (χ3v) is 7.77. The van der Waals surface area contributed by atoms with Gasteiger partial charge < -0.3 is 5.32 Å². The molecule has 0 bridgehead atoms. The van der Waals surface area contributed by atoms with E-state index in [-0.39, 0.29) is 32.6 Å². The van der Waals surface area contributed by atoms with Crippen molar-refractivity contribution in [3.05, 3.63) is 26.7 Å². The Bertz CT molecular complexity index is 721. The molecule has 134 valence electrons. The van der Waals surface area contributed by atoms with Crippen LogP contribution in [0, 0.1) is 5.92 Å². The largest absolute Gasteiger partial charge is 0.354 e. The first-order valence-corrected chi connectivity index (χ1v) is 11.3. The summed E-state index contributed by atoms with van der Waals surface area (Å²) in [4.78, 5) is 12.2.